The molecule has 41 heavy (non-hydrogen) atoms. The van der Waals surface area contributed by atoms with Gasteiger partial charge in [0.1, 0.15) is 6.04 Å². The number of fused-ring (bicyclic) bond motifs is 1. The van der Waals surface area contributed by atoms with E-state index >= 15 is 0 Å². The SMILES string of the molecule is Cc1cn(-c2ccc(NC(=O)[C@@H]3C[C@@H](c4ccccc4)CN3C(=O)CCCn3c(=O)[nH]c4ccccc43)cc2)cn1. The normalized spacial score (nSPS) is 16.8. The fraction of sp³-hybridized carbons (Fsp3) is 0.250. The number of hydrogen-bond acceptors (Lipinski definition) is 4. The van der Waals surface area contributed by atoms with Crippen molar-refractivity contribution in [3.05, 3.63) is 113 Å². The Morgan fingerprint density at radius 1 is 1.00 bits per heavy atom. The number of aryl methyl sites for hydroxylation is 2. The van der Waals surface area contributed by atoms with Crippen LogP contribution in [0.4, 0.5) is 5.69 Å². The minimum Gasteiger partial charge on any atom is -0.330 e. The van der Waals surface area contributed by atoms with Crippen LogP contribution in [0.2, 0.25) is 0 Å². The predicted octanol–water partition coefficient (Wildman–Crippen LogP) is 4.63. The number of aromatic nitrogens is 4. The summed E-state index contributed by atoms with van der Waals surface area (Å²) in [5.41, 5.74) is 5.07. The molecule has 0 aliphatic carbocycles. The number of para-hydroxylation sites is 2. The Morgan fingerprint density at radius 3 is 2.51 bits per heavy atom. The lowest BCUT2D eigenvalue weighted by Crippen LogP contribution is -2.43. The lowest BCUT2D eigenvalue weighted by atomic mass is 9.96. The largest absolute Gasteiger partial charge is 0.330 e. The highest BCUT2D eigenvalue weighted by Gasteiger charge is 2.39. The fourth-order valence-electron chi connectivity index (χ4n) is 5.69. The van der Waals surface area contributed by atoms with Crippen LogP contribution in [-0.2, 0) is 16.1 Å². The van der Waals surface area contributed by atoms with Crippen molar-refractivity contribution in [2.75, 3.05) is 11.9 Å². The number of nitrogens with one attached hydrogen (secondary N) is 2. The van der Waals surface area contributed by atoms with E-state index in [1.165, 1.54) is 0 Å². The van der Waals surface area contributed by atoms with Crippen LogP contribution in [0.15, 0.2) is 96.2 Å². The Morgan fingerprint density at radius 2 is 1.76 bits per heavy atom. The fourth-order valence-corrected chi connectivity index (χ4v) is 5.69. The number of amides is 2. The number of rotatable bonds is 8. The molecule has 0 radical (unpaired) electrons. The van der Waals surface area contributed by atoms with Crippen LogP contribution in [-0.4, -0.2) is 48.4 Å². The molecule has 1 aliphatic rings. The molecule has 1 aliphatic heterocycles. The van der Waals surface area contributed by atoms with Crippen LogP contribution in [0.1, 0.15) is 36.4 Å². The Kier molecular flexibility index (Phi) is 7.24. The number of anilines is 1. The molecule has 0 unspecified atom stereocenters. The summed E-state index contributed by atoms with van der Waals surface area (Å²) in [5, 5.41) is 3.02. The van der Waals surface area contributed by atoms with E-state index in [0.29, 0.717) is 31.6 Å². The van der Waals surface area contributed by atoms with Crippen molar-refractivity contribution in [2.45, 2.75) is 44.7 Å². The van der Waals surface area contributed by atoms with Gasteiger partial charge in [0.15, 0.2) is 0 Å². The van der Waals surface area contributed by atoms with Crippen molar-refractivity contribution in [2.24, 2.45) is 0 Å². The van der Waals surface area contributed by atoms with Crippen molar-refractivity contribution in [1.29, 1.82) is 0 Å². The van der Waals surface area contributed by atoms with Gasteiger partial charge in [-0.2, -0.15) is 0 Å². The molecular weight excluding hydrogens is 516 g/mol. The van der Waals surface area contributed by atoms with Crippen molar-refractivity contribution < 1.29 is 9.59 Å². The van der Waals surface area contributed by atoms with Gasteiger partial charge in [-0.1, -0.05) is 42.5 Å². The summed E-state index contributed by atoms with van der Waals surface area (Å²) in [4.78, 5) is 48.3. The molecule has 1 fully saturated rings. The first-order chi connectivity index (χ1) is 20.0. The molecule has 2 N–H and O–H groups in total. The van der Waals surface area contributed by atoms with Crippen molar-refractivity contribution in [3.63, 3.8) is 0 Å². The monoisotopic (exact) mass is 548 g/mol. The lowest BCUT2D eigenvalue weighted by molar-refractivity contribution is -0.136. The highest BCUT2D eigenvalue weighted by molar-refractivity contribution is 5.97. The molecule has 6 rings (SSSR count). The quantitative estimate of drug-likeness (QED) is 0.295. The number of hydrogen-bond donors (Lipinski definition) is 2. The Hall–Kier alpha value is -4.92. The Balaban J connectivity index is 1.15. The van der Waals surface area contributed by atoms with E-state index in [0.717, 1.165) is 28.0 Å². The molecule has 2 atom stereocenters. The second-order valence-corrected chi connectivity index (χ2v) is 10.6. The van der Waals surface area contributed by atoms with Crippen molar-refractivity contribution in [1.82, 2.24) is 24.0 Å². The summed E-state index contributed by atoms with van der Waals surface area (Å²) in [7, 11) is 0. The van der Waals surface area contributed by atoms with Gasteiger partial charge in [0.25, 0.3) is 0 Å². The number of imidazole rings is 2. The first kappa shape index (κ1) is 26.3. The van der Waals surface area contributed by atoms with Gasteiger partial charge in [-0.05, 0) is 61.7 Å². The van der Waals surface area contributed by atoms with Crippen molar-refractivity contribution in [3.8, 4) is 5.69 Å². The molecule has 3 aromatic carbocycles. The van der Waals surface area contributed by atoms with Crippen LogP contribution in [0, 0.1) is 6.92 Å². The van der Waals surface area contributed by atoms with E-state index < -0.39 is 6.04 Å². The average Bonchev–Trinajstić information content (AvgIpc) is 3.71. The van der Waals surface area contributed by atoms with E-state index in [1.807, 2.05) is 96.6 Å². The molecular formula is C32H32N6O3. The lowest BCUT2D eigenvalue weighted by Gasteiger charge is -2.24. The standard InChI is InChI=1S/C32H32N6O3/c1-22-19-36(21-33-22)26-15-13-25(14-16-26)34-31(40)29-18-24(23-8-3-2-4-9-23)20-38(29)30(39)12-7-17-37-28-11-6-5-10-27(28)35-32(37)41/h2-6,8-11,13-16,19,21,24,29H,7,12,17-18,20H2,1H3,(H,34,40)(H,35,41)/t24-,29+/m1/s1. The summed E-state index contributed by atoms with van der Waals surface area (Å²) in [5.74, 6) is -0.211. The zero-order valence-corrected chi connectivity index (χ0v) is 22.9. The summed E-state index contributed by atoms with van der Waals surface area (Å²) in [6.45, 7) is 2.84. The maximum atomic E-state index is 13.5. The highest BCUT2D eigenvalue weighted by atomic mass is 16.2. The van der Waals surface area contributed by atoms with Crippen LogP contribution in [0.3, 0.4) is 0 Å². The van der Waals surface area contributed by atoms with Crippen LogP contribution in [0.25, 0.3) is 16.7 Å². The maximum Gasteiger partial charge on any atom is 0.326 e. The van der Waals surface area contributed by atoms with Gasteiger partial charge < -0.3 is 19.8 Å². The zero-order valence-electron chi connectivity index (χ0n) is 22.9. The molecule has 0 saturated carbocycles. The van der Waals surface area contributed by atoms with Gasteiger partial charge in [0, 0.05) is 43.0 Å². The summed E-state index contributed by atoms with van der Waals surface area (Å²) < 4.78 is 3.59. The maximum absolute atomic E-state index is 13.5. The third-order valence-corrected chi connectivity index (χ3v) is 7.79. The first-order valence-corrected chi connectivity index (χ1v) is 13.9. The summed E-state index contributed by atoms with van der Waals surface area (Å²) in [6.07, 6.45) is 4.99. The molecule has 5 aromatic rings. The molecule has 1 saturated heterocycles. The number of carbonyl (C=O) groups is 2. The van der Waals surface area contributed by atoms with E-state index in [-0.39, 0.29) is 29.8 Å². The Labute approximate surface area is 237 Å². The predicted molar refractivity (Wildman–Crippen MR) is 158 cm³/mol. The summed E-state index contributed by atoms with van der Waals surface area (Å²) >= 11 is 0. The molecule has 0 spiro atoms. The van der Waals surface area contributed by atoms with Crippen LogP contribution in [0.5, 0.6) is 0 Å². The second kappa shape index (κ2) is 11.3. The number of nitrogens with zero attached hydrogens (tertiary/aromatic N) is 4. The minimum atomic E-state index is -0.584. The van der Waals surface area contributed by atoms with Gasteiger partial charge in [-0.3, -0.25) is 14.2 Å². The zero-order chi connectivity index (χ0) is 28.3. The number of benzene rings is 3. The molecule has 208 valence electrons. The first-order valence-electron chi connectivity index (χ1n) is 13.9. The van der Waals surface area contributed by atoms with Gasteiger partial charge in [-0.15, -0.1) is 0 Å². The second-order valence-electron chi connectivity index (χ2n) is 10.6. The number of H-pyrrole nitrogens is 1. The number of aromatic amines is 1. The molecule has 0 bridgehead atoms. The van der Waals surface area contributed by atoms with E-state index in [9.17, 15) is 14.4 Å². The van der Waals surface area contributed by atoms with Gasteiger partial charge in [-0.25, -0.2) is 9.78 Å². The number of likely N-dealkylation sites (tertiary alicyclic amines) is 1. The van der Waals surface area contributed by atoms with Crippen LogP contribution >= 0.6 is 0 Å². The van der Waals surface area contributed by atoms with Gasteiger partial charge >= 0.3 is 5.69 Å². The van der Waals surface area contributed by atoms with Gasteiger partial charge in [0.05, 0.1) is 23.1 Å². The third kappa shape index (κ3) is 5.56. The topological polar surface area (TPSA) is 105 Å². The Bertz CT molecular complexity index is 1730. The summed E-state index contributed by atoms with van der Waals surface area (Å²) in [6, 6.07) is 24.5. The van der Waals surface area contributed by atoms with E-state index in [4.69, 9.17) is 0 Å². The third-order valence-electron chi connectivity index (χ3n) is 7.79. The highest BCUT2D eigenvalue weighted by Crippen LogP contribution is 2.33. The minimum absolute atomic E-state index is 0.0685. The van der Waals surface area contributed by atoms with Gasteiger partial charge in [0.2, 0.25) is 11.8 Å². The molecule has 2 amide bonds. The van der Waals surface area contributed by atoms with Crippen molar-refractivity contribution >= 4 is 28.5 Å². The number of carbonyl (C=O) groups excluding carboxylic acids is 2. The molecule has 9 heteroatoms. The van der Waals surface area contributed by atoms with E-state index in [2.05, 4.69) is 15.3 Å². The average molecular weight is 549 g/mol. The van der Waals surface area contributed by atoms with E-state index in [1.54, 1.807) is 15.8 Å². The molecule has 2 aromatic heterocycles. The molecule has 3 heterocycles. The van der Waals surface area contributed by atoms with Crippen LogP contribution < -0.4 is 11.0 Å². The molecule has 9 nitrogen and oxygen atoms in total. The smallest absolute Gasteiger partial charge is 0.326 e.